The molecule has 2 aliphatic heterocycles. The summed E-state index contributed by atoms with van der Waals surface area (Å²) < 4.78 is 52.7. The number of likely N-dealkylation sites (tertiary alicyclic amines) is 1. The molecule has 20 heteroatoms. The van der Waals surface area contributed by atoms with Crippen LogP contribution in [0.1, 0.15) is 64.3 Å². The van der Waals surface area contributed by atoms with Crippen molar-refractivity contribution in [2.75, 3.05) is 36.2 Å². The summed E-state index contributed by atoms with van der Waals surface area (Å²) in [5, 5.41) is 16.3. The van der Waals surface area contributed by atoms with Crippen molar-refractivity contribution in [1.29, 1.82) is 0 Å². The van der Waals surface area contributed by atoms with Crippen LogP contribution in [0.5, 0.6) is 5.88 Å². The summed E-state index contributed by atoms with van der Waals surface area (Å²) in [6.07, 6.45) is -4.06. The molecule has 0 aliphatic carbocycles. The molecule has 0 unspecified atom stereocenters. The zero-order chi connectivity index (χ0) is 51.4. The second kappa shape index (κ2) is 21.3. The molecule has 2 saturated heterocycles. The Bertz CT molecular complexity index is 2830. The molecule has 372 valence electrons. The number of nitrogens with zero attached hydrogens (tertiary/aromatic N) is 6. The van der Waals surface area contributed by atoms with Crippen molar-refractivity contribution < 1.29 is 46.9 Å². The number of rotatable bonds is 16. The van der Waals surface area contributed by atoms with E-state index in [-0.39, 0.29) is 56.6 Å². The van der Waals surface area contributed by atoms with Crippen LogP contribution in [0.25, 0.3) is 26.4 Å². The first-order valence-corrected chi connectivity index (χ1v) is 24.0. The number of hydrogen-bond acceptors (Lipinski definition) is 11. The minimum Gasteiger partial charge on any atom is -0.475 e. The van der Waals surface area contributed by atoms with Crippen LogP contribution in [0.3, 0.4) is 0 Å². The number of aryl methyl sites for hydroxylation is 1. The summed E-state index contributed by atoms with van der Waals surface area (Å²) in [6, 6.07) is 19.6. The van der Waals surface area contributed by atoms with Crippen molar-refractivity contribution in [3.05, 3.63) is 119 Å². The van der Waals surface area contributed by atoms with Crippen LogP contribution in [0.15, 0.2) is 90.6 Å². The molecule has 0 radical (unpaired) electrons. The van der Waals surface area contributed by atoms with Crippen molar-refractivity contribution in [3.63, 3.8) is 0 Å². The van der Waals surface area contributed by atoms with Gasteiger partial charge in [-0.1, -0.05) is 63.2 Å². The highest BCUT2D eigenvalue weighted by Gasteiger charge is 2.51. The van der Waals surface area contributed by atoms with Gasteiger partial charge in [-0.25, -0.2) is 14.8 Å². The number of alkyl halides is 3. The van der Waals surface area contributed by atoms with Gasteiger partial charge >= 0.3 is 6.18 Å². The molecule has 3 aromatic carbocycles. The van der Waals surface area contributed by atoms with Gasteiger partial charge in [-0.05, 0) is 85.4 Å². The highest BCUT2D eigenvalue weighted by Crippen LogP contribution is 2.42. The average Bonchev–Trinajstić information content (AvgIpc) is 4.00. The van der Waals surface area contributed by atoms with Gasteiger partial charge in [0.2, 0.25) is 23.6 Å². The van der Waals surface area contributed by atoms with Crippen molar-refractivity contribution >= 4 is 69.4 Å². The van der Waals surface area contributed by atoms with E-state index in [1.54, 1.807) is 78.2 Å². The van der Waals surface area contributed by atoms with Gasteiger partial charge in [-0.3, -0.25) is 24.1 Å². The largest absolute Gasteiger partial charge is 0.475 e. The molecule has 3 N–H and O–H groups in total. The minimum atomic E-state index is -4.81. The number of aliphatic hydroxyl groups excluding tert-OH is 1. The lowest BCUT2D eigenvalue weighted by Gasteiger charge is -2.35. The summed E-state index contributed by atoms with van der Waals surface area (Å²) >= 11 is 7.22. The van der Waals surface area contributed by atoms with Gasteiger partial charge in [-0.15, -0.1) is 11.3 Å². The van der Waals surface area contributed by atoms with Crippen molar-refractivity contribution in [3.8, 4) is 27.4 Å². The molecular formula is C51H53F3N8O7S2. The quantitative estimate of drug-likeness (QED) is 0.0494. The second-order valence-electron chi connectivity index (χ2n) is 18.7. The molecule has 7 rings (SSSR count). The number of nitrogens with one attached hydrogen (secondary N) is 2. The Morgan fingerprint density at radius 2 is 1.63 bits per heavy atom. The standard InChI is InChI=1S/C51H53F3N8O7S2/c1-30-43(71-29-58-30)33-10-8-31(9-11-33)26-57-45(65)40-25-37(63)28-60(40)46(66)44(49(2,3)4)59-41(64)20-21-68-22-23-69-42-19-14-34(27-56-42)32-12-15-35(16-13-32)62-48(70)61(47(67)50(62,5)6)36-17-18-39(55-7)38(24-36)51(52,53)54/h8-19,24,27,29,37,40,44,63H,20-23,25-26,28H2,1-6H3,(H,57,65)(H,59,64)/t37-,40+,44-/m1/s1. The van der Waals surface area contributed by atoms with Gasteiger partial charge in [0.25, 0.3) is 5.91 Å². The lowest BCUT2D eigenvalue weighted by Crippen LogP contribution is -2.57. The number of ether oxygens (including phenoxy) is 2. The van der Waals surface area contributed by atoms with E-state index >= 15 is 0 Å². The van der Waals surface area contributed by atoms with Gasteiger partial charge in [0.1, 0.15) is 24.2 Å². The van der Waals surface area contributed by atoms with Crippen LogP contribution in [0.4, 0.5) is 30.2 Å². The maximum atomic E-state index is 14.0. The number of benzene rings is 3. The van der Waals surface area contributed by atoms with Crippen LogP contribution >= 0.6 is 23.6 Å². The molecule has 4 amide bonds. The first kappa shape index (κ1) is 52.0. The van der Waals surface area contributed by atoms with Crippen LogP contribution in [-0.2, 0) is 36.6 Å². The maximum absolute atomic E-state index is 14.0. The van der Waals surface area contributed by atoms with Crippen LogP contribution in [-0.4, -0.2) is 98.8 Å². The Labute approximate surface area is 418 Å². The molecule has 0 spiro atoms. The predicted octanol–water partition coefficient (Wildman–Crippen LogP) is 8.26. The number of pyridine rings is 1. The summed E-state index contributed by atoms with van der Waals surface area (Å²) in [7, 11) is 0. The molecule has 15 nitrogen and oxygen atoms in total. The van der Waals surface area contributed by atoms with E-state index in [9.17, 15) is 37.5 Å². The normalized spacial score (nSPS) is 17.3. The Morgan fingerprint density at radius 1 is 0.958 bits per heavy atom. The molecule has 2 aromatic heterocycles. The molecule has 2 fully saturated rings. The molecular weight excluding hydrogens is 958 g/mol. The summed E-state index contributed by atoms with van der Waals surface area (Å²) in [5.74, 6) is -1.48. The molecule has 4 heterocycles. The second-order valence-corrected chi connectivity index (χ2v) is 19.9. The topological polar surface area (TPSA) is 171 Å². The smallest absolute Gasteiger partial charge is 0.407 e. The number of aromatic nitrogens is 2. The zero-order valence-corrected chi connectivity index (χ0v) is 41.5. The van der Waals surface area contributed by atoms with E-state index in [1.165, 1.54) is 11.0 Å². The van der Waals surface area contributed by atoms with Crippen molar-refractivity contribution in [2.24, 2.45) is 5.41 Å². The monoisotopic (exact) mass is 1010 g/mol. The van der Waals surface area contributed by atoms with E-state index < -0.39 is 70.2 Å². The highest BCUT2D eigenvalue weighted by molar-refractivity contribution is 7.81. The number of halogens is 3. The van der Waals surface area contributed by atoms with Gasteiger partial charge in [-0.2, -0.15) is 13.2 Å². The van der Waals surface area contributed by atoms with Crippen LogP contribution in [0, 0.1) is 18.9 Å². The number of anilines is 2. The Kier molecular flexibility index (Phi) is 15.6. The fraction of sp³-hybridized carbons (Fsp3) is 0.373. The van der Waals surface area contributed by atoms with Crippen molar-refractivity contribution in [2.45, 2.75) is 90.8 Å². The summed E-state index contributed by atoms with van der Waals surface area (Å²) in [4.78, 5) is 70.9. The first-order chi connectivity index (χ1) is 33.6. The number of amides is 4. The number of carbonyl (C=O) groups excluding carboxylic acids is 4. The third kappa shape index (κ3) is 11.7. The fourth-order valence-electron chi connectivity index (χ4n) is 8.37. The Hall–Kier alpha value is -6.79. The highest BCUT2D eigenvalue weighted by atomic mass is 32.1. The van der Waals surface area contributed by atoms with Gasteiger partial charge in [0, 0.05) is 55.1 Å². The zero-order valence-electron chi connectivity index (χ0n) is 39.9. The van der Waals surface area contributed by atoms with E-state index in [0.717, 1.165) is 49.9 Å². The van der Waals surface area contributed by atoms with Gasteiger partial charge in [0.05, 0.1) is 47.5 Å². The molecule has 0 bridgehead atoms. The Morgan fingerprint density at radius 3 is 2.25 bits per heavy atom. The Balaban J connectivity index is 0.860. The van der Waals surface area contributed by atoms with Crippen molar-refractivity contribution in [1.82, 2.24) is 25.5 Å². The number of hydrogen-bond donors (Lipinski definition) is 3. The summed E-state index contributed by atoms with van der Waals surface area (Å²) in [6.45, 7) is 18.3. The summed E-state index contributed by atoms with van der Waals surface area (Å²) in [5.41, 5.74) is 2.92. The van der Waals surface area contributed by atoms with Gasteiger partial charge < -0.3 is 35.0 Å². The predicted molar refractivity (Wildman–Crippen MR) is 267 cm³/mol. The molecule has 0 saturated carbocycles. The maximum Gasteiger partial charge on any atom is 0.407 e. The SMILES string of the molecule is [C-]#[N+]c1ccc(N2C(=O)C(C)(C)N(c3ccc(-c4ccc(OCCOCCC(=O)N[C@H](C(=O)N5C[C@H](O)C[C@H]5C(=O)NCc5ccc(-c6scnc6C)cc5)C(C)(C)C)nc4)cc3)C2=S)cc1C(F)(F)F. The van der Waals surface area contributed by atoms with Gasteiger partial charge in [0.15, 0.2) is 10.8 Å². The lowest BCUT2D eigenvalue weighted by molar-refractivity contribution is -0.144. The number of aliphatic hydroxyl groups is 1. The molecule has 3 atom stereocenters. The molecule has 5 aromatic rings. The van der Waals surface area contributed by atoms with E-state index in [2.05, 4.69) is 25.4 Å². The number of β-amino-alcohol motifs (C(OH)–C–C–N with tert-alkyl or cyclic N) is 1. The fourth-order valence-corrected chi connectivity index (χ4v) is 9.70. The third-order valence-corrected chi connectivity index (χ3v) is 13.5. The lowest BCUT2D eigenvalue weighted by atomic mass is 9.85. The molecule has 71 heavy (non-hydrogen) atoms. The van der Waals surface area contributed by atoms with Crippen LogP contribution < -0.4 is 25.2 Å². The number of thiazole rings is 1. The molecule has 2 aliphatic rings. The number of carbonyl (C=O) groups is 4. The number of thiocarbonyl (C=S) groups is 1. The van der Waals surface area contributed by atoms with E-state index in [0.29, 0.717) is 11.6 Å². The first-order valence-electron chi connectivity index (χ1n) is 22.7. The minimum absolute atomic E-state index is 0.0115. The van der Waals surface area contributed by atoms with E-state index in [1.807, 2.05) is 52.0 Å². The van der Waals surface area contributed by atoms with Crippen LogP contribution in [0.2, 0.25) is 0 Å². The third-order valence-electron chi connectivity index (χ3n) is 12.2. The average molecular weight is 1010 g/mol. The van der Waals surface area contributed by atoms with E-state index in [4.69, 9.17) is 28.3 Å².